The Morgan fingerprint density at radius 2 is 2.13 bits per heavy atom. The summed E-state index contributed by atoms with van der Waals surface area (Å²) in [5.41, 5.74) is 2.54. The third kappa shape index (κ3) is 3.45. The lowest BCUT2D eigenvalue weighted by Crippen LogP contribution is -2.31. The number of carbonyl (C=O) groups is 1. The van der Waals surface area contributed by atoms with Gasteiger partial charge in [-0.2, -0.15) is 10.2 Å². The van der Waals surface area contributed by atoms with Crippen LogP contribution in [0, 0.1) is 5.92 Å². The molecule has 2 atom stereocenters. The summed E-state index contributed by atoms with van der Waals surface area (Å²) in [4.78, 5) is 15.9. The minimum Gasteiger partial charge on any atom is -0.271 e. The maximum Gasteiger partial charge on any atom is 0.296 e. The number of aromatic nitrogens is 2. The van der Waals surface area contributed by atoms with Crippen molar-refractivity contribution in [1.29, 1.82) is 0 Å². The van der Waals surface area contributed by atoms with Gasteiger partial charge in [0.25, 0.3) is 5.91 Å². The van der Waals surface area contributed by atoms with Crippen molar-refractivity contribution in [1.82, 2.24) is 14.8 Å². The molecule has 2 aliphatic rings. The molecule has 0 aromatic carbocycles. The van der Waals surface area contributed by atoms with Crippen molar-refractivity contribution >= 4 is 52.0 Å². The lowest BCUT2D eigenvalue weighted by Gasteiger charge is -2.28. The van der Waals surface area contributed by atoms with Crippen molar-refractivity contribution < 1.29 is 4.79 Å². The van der Waals surface area contributed by atoms with Crippen LogP contribution in [0.5, 0.6) is 0 Å². The van der Waals surface area contributed by atoms with Crippen LogP contribution in [-0.2, 0) is 6.54 Å². The molecule has 4 heterocycles. The first-order valence-corrected chi connectivity index (χ1v) is 12.2. The van der Waals surface area contributed by atoms with Gasteiger partial charge in [0.1, 0.15) is 0 Å². The Bertz CT molecular complexity index is 1110. The van der Waals surface area contributed by atoms with Crippen molar-refractivity contribution in [2.75, 3.05) is 0 Å². The molecule has 30 heavy (non-hydrogen) atoms. The summed E-state index contributed by atoms with van der Waals surface area (Å²) in [6.45, 7) is 2.63. The van der Waals surface area contributed by atoms with Gasteiger partial charge in [0, 0.05) is 28.4 Å². The number of fused-ring (bicyclic) bond motifs is 1. The van der Waals surface area contributed by atoms with Gasteiger partial charge in [0.2, 0.25) is 0 Å². The van der Waals surface area contributed by atoms with E-state index in [1.165, 1.54) is 10.5 Å². The van der Waals surface area contributed by atoms with E-state index in [1.807, 2.05) is 13.0 Å². The average Bonchev–Trinajstić information content (AvgIpc) is 3.53. The zero-order valence-corrected chi connectivity index (χ0v) is 18.9. The van der Waals surface area contributed by atoms with E-state index in [2.05, 4.69) is 40.1 Å². The molecule has 3 aromatic heterocycles. The quantitative estimate of drug-likeness (QED) is 0.475. The predicted octanol–water partition coefficient (Wildman–Crippen LogP) is 6.12. The van der Waals surface area contributed by atoms with Crippen molar-refractivity contribution in [3.63, 3.8) is 0 Å². The lowest BCUT2D eigenvalue weighted by molar-refractivity contribution is 0.0677. The summed E-state index contributed by atoms with van der Waals surface area (Å²) in [5, 5.41) is 15.4. The Hall–Kier alpha value is -2.22. The summed E-state index contributed by atoms with van der Waals surface area (Å²) in [6.07, 6.45) is 7.03. The van der Waals surface area contributed by atoms with Gasteiger partial charge in [0.15, 0.2) is 5.69 Å². The van der Waals surface area contributed by atoms with Crippen LogP contribution in [0.1, 0.15) is 52.5 Å². The van der Waals surface area contributed by atoms with Gasteiger partial charge in [-0.3, -0.25) is 9.48 Å². The normalized spacial score (nSPS) is 22.4. The van der Waals surface area contributed by atoms with Crippen molar-refractivity contribution in [3.05, 3.63) is 67.3 Å². The smallest absolute Gasteiger partial charge is 0.271 e. The second-order valence-corrected chi connectivity index (χ2v) is 9.83. The van der Waals surface area contributed by atoms with E-state index < -0.39 is 0 Å². The highest BCUT2D eigenvalue weighted by atomic mass is 35.5. The van der Waals surface area contributed by atoms with Crippen LogP contribution in [0.15, 0.2) is 51.9 Å². The Morgan fingerprint density at radius 1 is 1.30 bits per heavy atom. The summed E-state index contributed by atoms with van der Waals surface area (Å²) >= 11 is 9.75. The minimum atomic E-state index is -0.233. The Kier molecular flexibility index (Phi) is 5.35. The van der Waals surface area contributed by atoms with Gasteiger partial charge in [-0.15, -0.1) is 22.7 Å². The second-order valence-electron chi connectivity index (χ2n) is 7.46. The molecule has 0 spiro atoms. The topological polar surface area (TPSA) is 50.5 Å². The van der Waals surface area contributed by atoms with Crippen LogP contribution in [0.2, 0.25) is 5.02 Å². The van der Waals surface area contributed by atoms with E-state index in [0.29, 0.717) is 11.6 Å². The molecule has 5 rings (SSSR count). The first-order chi connectivity index (χ1) is 14.7. The highest BCUT2D eigenvalue weighted by Crippen LogP contribution is 2.46. The third-order valence-electron chi connectivity index (χ3n) is 5.65. The SMILES string of the molecule is CCn1cc(Cl)c(C(=O)N2N=C3/C(=C/c4cccs4)CCC[C@@H]3[C@H]2c2cccs2)n1. The summed E-state index contributed by atoms with van der Waals surface area (Å²) in [5.74, 6) is -0.0393. The number of amides is 1. The highest BCUT2D eigenvalue weighted by Gasteiger charge is 2.45. The third-order valence-corrected chi connectivity index (χ3v) is 7.69. The zero-order chi connectivity index (χ0) is 20.7. The van der Waals surface area contributed by atoms with E-state index in [0.717, 1.165) is 29.9 Å². The number of hydrazone groups is 1. The molecule has 1 fully saturated rings. The van der Waals surface area contributed by atoms with Crippen molar-refractivity contribution in [3.8, 4) is 0 Å². The Morgan fingerprint density at radius 3 is 2.83 bits per heavy atom. The van der Waals surface area contributed by atoms with Gasteiger partial charge in [0.05, 0.1) is 16.8 Å². The monoisotopic (exact) mass is 456 g/mol. The van der Waals surface area contributed by atoms with E-state index in [9.17, 15) is 4.79 Å². The standard InChI is InChI=1S/C22H21ClN4OS2/c1-2-26-13-17(23)20(24-26)22(28)27-21(18-9-5-11-30-18)16-8-3-6-14(19(16)25-27)12-15-7-4-10-29-15/h4-5,7,9-13,16,21H,2-3,6,8H2,1H3/b14-12+/t16-,21-/m0/s1. The first-order valence-electron chi connectivity index (χ1n) is 10.1. The number of hydrogen-bond acceptors (Lipinski definition) is 5. The molecular formula is C22H21ClN4OS2. The number of aryl methyl sites for hydroxylation is 1. The Labute approximate surface area is 188 Å². The number of rotatable bonds is 4. The molecule has 8 heteroatoms. The molecule has 0 radical (unpaired) electrons. The molecule has 1 aliphatic carbocycles. The van der Waals surface area contributed by atoms with E-state index in [4.69, 9.17) is 16.7 Å². The fraction of sp³-hybridized carbons (Fsp3) is 0.318. The summed E-state index contributed by atoms with van der Waals surface area (Å²) < 4.78 is 1.69. The molecule has 1 amide bonds. The largest absolute Gasteiger partial charge is 0.296 e. The van der Waals surface area contributed by atoms with Crippen molar-refractivity contribution in [2.45, 2.75) is 38.8 Å². The molecule has 0 saturated heterocycles. The molecule has 0 N–H and O–H groups in total. The van der Waals surface area contributed by atoms with Gasteiger partial charge in [-0.05, 0) is 60.7 Å². The van der Waals surface area contributed by atoms with Gasteiger partial charge >= 0.3 is 0 Å². The molecule has 0 unspecified atom stereocenters. The maximum atomic E-state index is 13.5. The average molecular weight is 457 g/mol. The molecule has 1 saturated carbocycles. The fourth-order valence-electron chi connectivity index (χ4n) is 4.26. The second kappa shape index (κ2) is 8.13. The number of nitrogens with zero attached hydrogens (tertiary/aromatic N) is 4. The van der Waals surface area contributed by atoms with Gasteiger partial charge in [-0.1, -0.05) is 23.7 Å². The van der Waals surface area contributed by atoms with Crippen LogP contribution in [0.4, 0.5) is 0 Å². The number of thiophene rings is 2. The molecule has 5 nitrogen and oxygen atoms in total. The van der Waals surface area contributed by atoms with Crippen LogP contribution >= 0.6 is 34.3 Å². The number of hydrogen-bond donors (Lipinski definition) is 0. The minimum absolute atomic E-state index is 0.109. The van der Waals surface area contributed by atoms with Gasteiger partial charge in [-0.25, -0.2) is 5.01 Å². The van der Waals surface area contributed by atoms with Crippen molar-refractivity contribution in [2.24, 2.45) is 11.0 Å². The van der Waals surface area contributed by atoms with E-state index in [-0.39, 0.29) is 23.6 Å². The predicted molar refractivity (Wildman–Crippen MR) is 123 cm³/mol. The Balaban J connectivity index is 1.57. The first kappa shape index (κ1) is 19.7. The van der Waals surface area contributed by atoms with Gasteiger partial charge < -0.3 is 0 Å². The van der Waals surface area contributed by atoms with Crippen LogP contribution in [-0.4, -0.2) is 26.4 Å². The zero-order valence-electron chi connectivity index (χ0n) is 16.5. The number of allylic oxidation sites excluding steroid dienone is 1. The molecule has 1 aliphatic heterocycles. The van der Waals surface area contributed by atoms with E-state index >= 15 is 0 Å². The van der Waals surface area contributed by atoms with E-state index in [1.54, 1.807) is 38.6 Å². The molecule has 0 bridgehead atoms. The summed E-state index contributed by atoms with van der Waals surface area (Å²) in [7, 11) is 0. The number of carbonyl (C=O) groups excluding carboxylic acids is 1. The summed E-state index contributed by atoms with van der Waals surface area (Å²) in [6, 6.07) is 8.20. The number of halogens is 1. The maximum absolute atomic E-state index is 13.5. The molecular weight excluding hydrogens is 436 g/mol. The fourth-order valence-corrected chi connectivity index (χ4v) is 6.05. The van der Waals surface area contributed by atoms with Crippen LogP contribution < -0.4 is 0 Å². The molecule has 3 aromatic rings. The lowest BCUT2D eigenvalue weighted by atomic mass is 9.79. The van der Waals surface area contributed by atoms with Crippen LogP contribution in [0.25, 0.3) is 6.08 Å². The highest BCUT2D eigenvalue weighted by molar-refractivity contribution is 7.11. The molecule has 154 valence electrons. The van der Waals surface area contributed by atoms with Crippen LogP contribution in [0.3, 0.4) is 0 Å².